The van der Waals surface area contributed by atoms with Gasteiger partial charge in [-0.15, -0.1) is 0 Å². The summed E-state index contributed by atoms with van der Waals surface area (Å²) in [5.41, 5.74) is 2.24. The Bertz CT molecular complexity index is 419. The summed E-state index contributed by atoms with van der Waals surface area (Å²) in [4.78, 5) is 0. The smallest absolute Gasteiger partial charge is 0.0942 e. The fraction of sp³-hybridized carbons (Fsp3) is 0.647. The van der Waals surface area contributed by atoms with Crippen LogP contribution in [-0.4, -0.2) is 23.4 Å². The van der Waals surface area contributed by atoms with Gasteiger partial charge in [0.2, 0.25) is 0 Å². The molecule has 19 heavy (non-hydrogen) atoms. The van der Waals surface area contributed by atoms with Crippen molar-refractivity contribution in [3.63, 3.8) is 0 Å². The lowest BCUT2D eigenvalue weighted by Gasteiger charge is -2.34. The summed E-state index contributed by atoms with van der Waals surface area (Å²) in [6.07, 6.45) is 4.47. The van der Waals surface area contributed by atoms with E-state index < -0.39 is 5.60 Å². The van der Waals surface area contributed by atoms with E-state index in [1.165, 1.54) is 11.1 Å². The number of rotatable bonds is 3. The predicted octanol–water partition coefficient (Wildman–Crippen LogP) is 2.97. The van der Waals surface area contributed by atoms with E-state index in [9.17, 15) is 5.11 Å². The molecule has 2 atom stereocenters. The minimum absolute atomic E-state index is 0.189. The Morgan fingerprint density at radius 3 is 2.16 bits per heavy atom. The number of fused-ring (bicyclic) bond motifs is 3. The van der Waals surface area contributed by atoms with Crippen molar-refractivity contribution >= 4 is 0 Å². The van der Waals surface area contributed by atoms with Gasteiger partial charge in [-0.05, 0) is 62.5 Å². The molecule has 2 bridgehead atoms. The third-order valence-corrected chi connectivity index (χ3v) is 4.98. The van der Waals surface area contributed by atoms with Crippen LogP contribution < -0.4 is 0 Å². The van der Waals surface area contributed by atoms with Gasteiger partial charge in [-0.3, -0.25) is 0 Å². The maximum absolute atomic E-state index is 11.1. The predicted molar refractivity (Wildman–Crippen MR) is 76.1 cm³/mol. The van der Waals surface area contributed by atoms with Crippen molar-refractivity contribution in [2.45, 2.75) is 51.2 Å². The van der Waals surface area contributed by atoms with Crippen molar-refractivity contribution in [1.29, 1.82) is 0 Å². The van der Waals surface area contributed by atoms with Crippen molar-refractivity contribution in [1.82, 2.24) is 0 Å². The standard InChI is InChI=1S/C17H24O2/c1-12(2)19-11-17(18)15-7-8-16(17)10-14-6-4-3-5-13(14)9-15/h3-6,12,15-16,18H,7-11H2,1-2H3. The lowest BCUT2D eigenvalue weighted by atomic mass is 9.83. The van der Waals surface area contributed by atoms with Crippen molar-refractivity contribution in [3.8, 4) is 0 Å². The highest BCUT2D eigenvalue weighted by molar-refractivity contribution is 5.31. The molecule has 1 saturated carbocycles. The molecule has 0 saturated heterocycles. The first-order chi connectivity index (χ1) is 9.09. The largest absolute Gasteiger partial charge is 0.387 e. The Labute approximate surface area is 115 Å². The van der Waals surface area contributed by atoms with Gasteiger partial charge in [0.25, 0.3) is 0 Å². The first-order valence-corrected chi connectivity index (χ1v) is 7.50. The molecule has 0 amide bonds. The minimum atomic E-state index is -0.622. The molecule has 2 nitrogen and oxygen atoms in total. The number of aliphatic hydroxyl groups is 1. The summed E-state index contributed by atoms with van der Waals surface area (Å²) in [6, 6.07) is 8.67. The molecule has 1 N–H and O–H groups in total. The number of benzene rings is 1. The lowest BCUT2D eigenvalue weighted by molar-refractivity contribution is -0.109. The Balaban J connectivity index is 1.86. The van der Waals surface area contributed by atoms with Crippen LogP contribution in [0.5, 0.6) is 0 Å². The van der Waals surface area contributed by atoms with E-state index in [0.29, 0.717) is 18.4 Å². The number of hydrogen-bond acceptors (Lipinski definition) is 2. The van der Waals surface area contributed by atoms with E-state index in [4.69, 9.17) is 4.74 Å². The quantitative estimate of drug-likeness (QED) is 0.905. The molecule has 104 valence electrons. The third kappa shape index (κ3) is 2.32. The van der Waals surface area contributed by atoms with Gasteiger partial charge in [0.1, 0.15) is 0 Å². The summed E-state index contributed by atoms with van der Waals surface area (Å²) >= 11 is 0. The van der Waals surface area contributed by atoms with Crippen LogP contribution in [-0.2, 0) is 17.6 Å². The van der Waals surface area contributed by atoms with E-state index in [1.54, 1.807) is 0 Å². The molecule has 1 aromatic carbocycles. The van der Waals surface area contributed by atoms with Gasteiger partial charge in [-0.1, -0.05) is 24.3 Å². The molecule has 2 heteroatoms. The maximum Gasteiger partial charge on any atom is 0.0942 e. The van der Waals surface area contributed by atoms with Crippen LogP contribution in [0, 0.1) is 11.8 Å². The van der Waals surface area contributed by atoms with Crippen LogP contribution in [0.3, 0.4) is 0 Å². The van der Waals surface area contributed by atoms with Crippen molar-refractivity contribution in [2.24, 2.45) is 11.8 Å². The highest BCUT2D eigenvalue weighted by atomic mass is 16.5. The zero-order chi connectivity index (χ0) is 13.5. The second-order valence-corrected chi connectivity index (χ2v) is 6.50. The average molecular weight is 260 g/mol. The molecule has 1 aromatic rings. The van der Waals surface area contributed by atoms with Gasteiger partial charge in [0, 0.05) is 0 Å². The Morgan fingerprint density at radius 2 is 1.68 bits per heavy atom. The molecule has 0 aliphatic heterocycles. The number of hydrogen-bond donors (Lipinski definition) is 1. The molecule has 3 rings (SSSR count). The van der Waals surface area contributed by atoms with E-state index in [1.807, 2.05) is 13.8 Å². The Hall–Kier alpha value is -0.860. The molecule has 0 aromatic heterocycles. The Morgan fingerprint density at radius 1 is 1.16 bits per heavy atom. The third-order valence-electron chi connectivity index (χ3n) is 4.98. The lowest BCUT2D eigenvalue weighted by Crippen LogP contribution is -2.45. The summed E-state index contributed by atoms with van der Waals surface area (Å²) in [5.74, 6) is 0.722. The number of ether oxygens (including phenoxy) is 1. The topological polar surface area (TPSA) is 29.5 Å². The second kappa shape index (κ2) is 4.92. The zero-order valence-electron chi connectivity index (χ0n) is 11.9. The molecule has 0 spiro atoms. The first-order valence-electron chi connectivity index (χ1n) is 7.50. The molecule has 2 aliphatic carbocycles. The molecular weight excluding hydrogens is 236 g/mol. The van der Waals surface area contributed by atoms with Crippen molar-refractivity contribution < 1.29 is 9.84 Å². The van der Waals surface area contributed by atoms with Gasteiger partial charge in [0.15, 0.2) is 0 Å². The molecule has 2 unspecified atom stereocenters. The monoisotopic (exact) mass is 260 g/mol. The fourth-order valence-electron chi connectivity index (χ4n) is 3.82. The highest BCUT2D eigenvalue weighted by Gasteiger charge is 2.50. The molecule has 2 aliphatic rings. The summed E-state index contributed by atoms with van der Waals surface area (Å²) in [7, 11) is 0. The van der Waals surface area contributed by atoms with Crippen molar-refractivity contribution in [2.75, 3.05) is 6.61 Å². The summed E-state index contributed by atoms with van der Waals surface area (Å²) < 4.78 is 5.77. The molecule has 1 fully saturated rings. The fourth-order valence-corrected chi connectivity index (χ4v) is 3.82. The Kier molecular flexibility index (Phi) is 3.40. The van der Waals surface area contributed by atoms with Gasteiger partial charge < -0.3 is 9.84 Å². The summed E-state index contributed by atoms with van der Waals surface area (Å²) in [6.45, 7) is 4.57. The van der Waals surface area contributed by atoms with Gasteiger partial charge in [-0.2, -0.15) is 0 Å². The SMILES string of the molecule is CC(C)OCC1(O)C2CCC1Cc1ccccc1C2. The normalized spacial score (nSPS) is 33.3. The molecule has 0 heterocycles. The highest BCUT2D eigenvalue weighted by Crippen LogP contribution is 2.47. The molecular formula is C17H24O2. The van der Waals surface area contributed by atoms with E-state index in [-0.39, 0.29) is 6.10 Å². The maximum atomic E-state index is 11.1. The van der Waals surface area contributed by atoms with Gasteiger partial charge in [-0.25, -0.2) is 0 Å². The van der Waals surface area contributed by atoms with Crippen LogP contribution in [0.2, 0.25) is 0 Å². The van der Waals surface area contributed by atoms with E-state index in [2.05, 4.69) is 24.3 Å². The molecule has 0 radical (unpaired) electrons. The van der Waals surface area contributed by atoms with Crippen LogP contribution >= 0.6 is 0 Å². The zero-order valence-corrected chi connectivity index (χ0v) is 11.9. The van der Waals surface area contributed by atoms with Gasteiger partial charge >= 0.3 is 0 Å². The minimum Gasteiger partial charge on any atom is -0.387 e. The van der Waals surface area contributed by atoms with Crippen LogP contribution in [0.25, 0.3) is 0 Å². The van der Waals surface area contributed by atoms with Gasteiger partial charge in [0.05, 0.1) is 18.3 Å². The van der Waals surface area contributed by atoms with Crippen LogP contribution in [0.4, 0.5) is 0 Å². The summed E-state index contributed by atoms with van der Waals surface area (Å²) in [5, 5.41) is 11.1. The first kappa shape index (κ1) is 13.1. The van der Waals surface area contributed by atoms with E-state index in [0.717, 1.165) is 25.7 Å². The van der Waals surface area contributed by atoms with E-state index >= 15 is 0 Å². The average Bonchev–Trinajstić information content (AvgIpc) is 2.59. The van der Waals surface area contributed by atoms with Crippen LogP contribution in [0.15, 0.2) is 24.3 Å². The van der Waals surface area contributed by atoms with Crippen LogP contribution in [0.1, 0.15) is 37.8 Å². The van der Waals surface area contributed by atoms with Crippen molar-refractivity contribution in [3.05, 3.63) is 35.4 Å². The second-order valence-electron chi connectivity index (χ2n) is 6.50.